The second-order valence-electron chi connectivity index (χ2n) is 6.79. The quantitative estimate of drug-likeness (QED) is 0.679. The second-order valence-corrected chi connectivity index (χ2v) is 6.79. The number of hydrogen-bond acceptors (Lipinski definition) is 5. The molecule has 0 aliphatic rings. The van der Waals surface area contributed by atoms with Gasteiger partial charge in [-0.15, -0.1) is 0 Å². The highest BCUT2D eigenvalue weighted by molar-refractivity contribution is 5.89. The third-order valence-electron chi connectivity index (χ3n) is 3.61. The maximum atomic E-state index is 13.0. The Morgan fingerprint density at radius 2 is 1.81 bits per heavy atom. The highest BCUT2D eigenvalue weighted by atomic mass is 16.2. The highest BCUT2D eigenvalue weighted by Gasteiger charge is 2.20. The SMILES string of the molecule is CC(C)(C)NNC(=O)n1c(=O)n(-c2cccnc2)c(=O)c2ccccc21. The molecule has 0 fully saturated rings. The summed E-state index contributed by atoms with van der Waals surface area (Å²) in [6.07, 6.45) is 2.93. The molecule has 0 unspecified atom stereocenters. The van der Waals surface area contributed by atoms with Crippen molar-refractivity contribution in [3.05, 3.63) is 69.6 Å². The van der Waals surface area contributed by atoms with Gasteiger partial charge in [0.2, 0.25) is 0 Å². The van der Waals surface area contributed by atoms with Crippen molar-refractivity contribution in [2.24, 2.45) is 0 Å². The predicted molar refractivity (Wildman–Crippen MR) is 98.4 cm³/mol. The van der Waals surface area contributed by atoms with Crippen LogP contribution < -0.4 is 22.1 Å². The van der Waals surface area contributed by atoms with E-state index in [1.165, 1.54) is 12.4 Å². The van der Waals surface area contributed by atoms with E-state index in [4.69, 9.17) is 0 Å². The average Bonchev–Trinajstić information content (AvgIpc) is 2.60. The maximum Gasteiger partial charge on any atom is 0.344 e. The number of para-hydroxylation sites is 1. The molecule has 3 aromatic rings. The van der Waals surface area contributed by atoms with Crippen molar-refractivity contribution in [2.75, 3.05) is 0 Å². The summed E-state index contributed by atoms with van der Waals surface area (Å²) >= 11 is 0. The fraction of sp³-hybridized carbons (Fsp3) is 0.222. The molecular formula is C18H19N5O3. The van der Waals surface area contributed by atoms with E-state index in [0.29, 0.717) is 5.69 Å². The molecule has 0 saturated carbocycles. The van der Waals surface area contributed by atoms with Crippen molar-refractivity contribution in [3.63, 3.8) is 0 Å². The zero-order valence-electron chi connectivity index (χ0n) is 14.7. The number of rotatable bonds is 2. The van der Waals surface area contributed by atoms with Crippen LogP contribution in [-0.2, 0) is 0 Å². The van der Waals surface area contributed by atoms with Crippen LogP contribution in [0.4, 0.5) is 4.79 Å². The Kier molecular flexibility index (Phi) is 4.43. The van der Waals surface area contributed by atoms with E-state index < -0.39 is 22.8 Å². The van der Waals surface area contributed by atoms with E-state index in [0.717, 1.165) is 9.13 Å². The van der Waals surface area contributed by atoms with Crippen LogP contribution in [0.5, 0.6) is 0 Å². The van der Waals surface area contributed by atoms with Crippen molar-refractivity contribution in [1.82, 2.24) is 25.0 Å². The molecule has 1 aromatic carbocycles. The Morgan fingerprint density at radius 1 is 1.08 bits per heavy atom. The molecule has 8 nitrogen and oxygen atoms in total. The van der Waals surface area contributed by atoms with Gasteiger partial charge in [0, 0.05) is 11.7 Å². The molecule has 3 rings (SSSR count). The molecule has 0 aliphatic heterocycles. The van der Waals surface area contributed by atoms with E-state index >= 15 is 0 Å². The Labute approximate surface area is 149 Å². The van der Waals surface area contributed by atoms with Gasteiger partial charge in [-0.05, 0) is 45.0 Å². The maximum absolute atomic E-state index is 13.0. The van der Waals surface area contributed by atoms with Crippen molar-refractivity contribution in [1.29, 1.82) is 0 Å². The first-order chi connectivity index (χ1) is 12.3. The fourth-order valence-electron chi connectivity index (χ4n) is 2.47. The number of fused-ring (bicyclic) bond motifs is 1. The van der Waals surface area contributed by atoms with Crippen LogP contribution >= 0.6 is 0 Å². The Hall–Kier alpha value is -3.26. The molecule has 26 heavy (non-hydrogen) atoms. The minimum Gasteiger partial charge on any atom is -0.272 e. The van der Waals surface area contributed by atoms with Crippen LogP contribution in [0.1, 0.15) is 20.8 Å². The standard InChI is InChI=1S/C18H19N5O3/c1-18(2,3)21-20-16(25)23-14-9-5-4-8-13(14)15(24)22(17(23)26)12-7-6-10-19-11-12/h4-11,21H,1-3H3,(H,20,25). The summed E-state index contributed by atoms with van der Waals surface area (Å²) in [5.74, 6) is 0. The Balaban J connectivity index is 2.27. The molecule has 134 valence electrons. The zero-order chi connectivity index (χ0) is 18.9. The number of hydrazine groups is 1. The third kappa shape index (κ3) is 3.27. The molecule has 0 saturated heterocycles. The molecule has 1 amide bonds. The van der Waals surface area contributed by atoms with Gasteiger partial charge in [0.25, 0.3) is 5.56 Å². The van der Waals surface area contributed by atoms with Crippen molar-refractivity contribution >= 4 is 16.9 Å². The van der Waals surface area contributed by atoms with Crippen LogP contribution in [0.25, 0.3) is 16.6 Å². The van der Waals surface area contributed by atoms with E-state index in [1.807, 2.05) is 20.8 Å². The number of benzene rings is 1. The van der Waals surface area contributed by atoms with Gasteiger partial charge in [0.1, 0.15) is 0 Å². The minimum absolute atomic E-state index is 0.232. The molecule has 2 aromatic heterocycles. The number of amides is 1. The smallest absolute Gasteiger partial charge is 0.272 e. The lowest BCUT2D eigenvalue weighted by molar-refractivity contribution is 0.230. The molecule has 0 spiro atoms. The summed E-state index contributed by atoms with van der Waals surface area (Å²) < 4.78 is 1.87. The Bertz CT molecular complexity index is 1080. The molecule has 8 heteroatoms. The number of carbonyl (C=O) groups excluding carboxylic acids is 1. The summed E-state index contributed by atoms with van der Waals surface area (Å²) in [6.45, 7) is 5.60. The first-order valence-electron chi connectivity index (χ1n) is 8.04. The summed E-state index contributed by atoms with van der Waals surface area (Å²) in [5, 5.41) is 0.252. The van der Waals surface area contributed by atoms with E-state index in [-0.39, 0.29) is 10.9 Å². The summed E-state index contributed by atoms with van der Waals surface area (Å²) in [7, 11) is 0. The first kappa shape index (κ1) is 17.6. The molecule has 0 bridgehead atoms. The van der Waals surface area contributed by atoms with Crippen LogP contribution in [0.3, 0.4) is 0 Å². The van der Waals surface area contributed by atoms with Gasteiger partial charge in [-0.3, -0.25) is 15.2 Å². The van der Waals surface area contributed by atoms with Gasteiger partial charge >= 0.3 is 11.7 Å². The largest absolute Gasteiger partial charge is 0.344 e. The topological polar surface area (TPSA) is 98.0 Å². The van der Waals surface area contributed by atoms with Gasteiger partial charge in [-0.25, -0.2) is 24.1 Å². The lowest BCUT2D eigenvalue weighted by atomic mass is 10.1. The van der Waals surface area contributed by atoms with Gasteiger partial charge in [-0.1, -0.05) is 12.1 Å². The van der Waals surface area contributed by atoms with Crippen LogP contribution in [-0.4, -0.2) is 25.7 Å². The van der Waals surface area contributed by atoms with E-state index in [1.54, 1.807) is 36.4 Å². The molecule has 2 heterocycles. The fourth-order valence-corrected chi connectivity index (χ4v) is 2.47. The lowest BCUT2D eigenvalue weighted by Gasteiger charge is -2.21. The predicted octanol–water partition coefficient (Wildman–Crippen LogP) is 1.41. The minimum atomic E-state index is -0.769. The molecule has 0 radical (unpaired) electrons. The number of nitrogens with zero attached hydrogens (tertiary/aromatic N) is 3. The first-order valence-corrected chi connectivity index (χ1v) is 8.04. The monoisotopic (exact) mass is 353 g/mol. The van der Waals surface area contributed by atoms with Crippen LogP contribution in [0, 0.1) is 0 Å². The number of carbonyl (C=O) groups is 1. The van der Waals surface area contributed by atoms with Gasteiger partial charge in [0.15, 0.2) is 0 Å². The second kappa shape index (κ2) is 6.57. The number of aromatic nitrogens is 3. The molecule has 2 N–H and O–H groups in total. The highest BCUT2D eigenvalue weighted by Crippen LogP contribution is 2.09. The van der Waals surface area contributed by atoms with Crippen LogP contribution in [0.15, 0.2) is 58.4 Å². The number of nitrogens with one attached hydrogen (secondary N) is 2. The average molecular weight is 353 g/mol. The van der Waals surface area contributed by atoms with Gasteiger partial charge < -0.3 is 0 Å². The van der Waals surface area contributed by atoms with Crippen molar-refractivity contribution < 1.29 is 4.79 Å². The summed E-state index contributed by atoms with van der Waals surface area (Å²) in [4.78, 5) is 42.4. The van der Waals surface area contributed by atoms with Gasteiger partial charge in [0.05, 0.1) is 22.8 Å². The molecule has 0 atom stereocenters. The number of hydrogen-bond donors (Lipinski definition) is 2. The molecular weight excluding hydrogens is 334 g/mol. The van der Waals surface area contributed by atoms with Gasteiger partial charge in [-0.2, -0.15) is 0 Å². The normalized spacial score (nSPS) is 11.5. The summed E-state index contributed by atoms with van der Waals surface area (Å²) in [5.41, 5.74) is 4.19. The molecule has 0 aliphatic carbocycles. The van der Waals surface area contributed by atoms with E-state index in [2.05, 4.69) is 15.8 Å². The summed E-state index contributed by atoms with van der Waals surface area (Å²) in [6, 6.07) is 8.99. The number of pyridine rings is 1. The Morgan fingerprint density at radius 3 is 2.46 bits per heavy atom. The third-order valence-corrected chi connectivity index (χ3v) is 3.61. The zero-order valence-corrected chi connectivity index (χ0v) is 14.7. The van der Waals surface area contributed by atoms with E-state index in [9.17, 15) is 14.4 Å². The van der Waals surface area contributed by atoms with Crippen LogP contribution in [0.2, 0.25) is 0 Å². The lowest BCUT2D eigenvalue weighted by Crippen LogP contribution is -2.53. The van der Waals surface area contributed by atoms with Crippen molar-refractivity contribution in [3.8, 4) is 5.69 Å². The van der Waals surface area contributed by atoms with Crippen molar-refractivity contribution in [2.45, 2.75) is 26.3 Å².